The van der Waals surface area contributed by atoms with Crippen molar-refractivity contribution in [2.24, 2.45) is 0 Å². The molecule has 0 N–H and O–H groups in total. The molecule has 204 valence electrons. The average molecular weight is 547 g/mol. The van der Waals surface area contributed by atoms with E-state index in [-0.39, 0.29) is 6.04 Å². The van der Waals surface area contributed by atoms with Crippen molar-refractivity contribution in [2.45, 2.75) is 66.1 Å². The van der Waals surface area contributed by atoms with E-state index in [1.165, 1.54) is 50.3 Å². The van der Waals surface area contributed by atoms with Crippen LogP contribution >= 0.6 is 0 Å². The van der Waals surface area contributed by atoms with Gasteiger partial charge in [-0.15, -0.1) is 0 Å². The van der Waals surface area contributed by atoms with Crippen LogP contribution in [0.5, 0.6) is 0 Å². The lowest BCUT2D eigenvalue weighted by atomic mass is 9.96. The molecule has 5 nitrogen and oxygen atoms in total. The largest absolute Gasteiger partial charge is 0.741 e. The first-order valence-corrected chi connectivity index (χ1v) is 13.6. The Kier molecular flexibility index (Phi) is 8.43. The Hall–Kier alpha value is -3.17. The Morgan fingerprint density at radius 1 is 0.816 bits per heavy atom. The molecule has 4 rings (SSSR count). The van der Waals surface area contributed by atoms with E-state index in [1.54, 1.807) is 0 Å². The van der Waals surface area contributed by atoms with Crippen LogP contribution in [0.25, 0.3) is 0 Å². The lowest BCUT2D eigenvalue weighted by Gasteiger charge is -2.23. The first-order chi connectivity index (χ1) is 17.5. The molecule has 0 saturated heterocycles. The smallest absolute Gasteiger partial charge is 0.485 e. The lowest BCUT2D eigenvalue weighted by Crippen LogP contribution is -2.32. The summed E-state index contributed by atoms with van der Waals surface area (Å²) in [6, 6.07) is 20.7. The molecule has 0 aromatic heterocycles. The molecule has 1 heterocycles. The SMILES string of the molecule is Cc1cc(C)c(N2C=[N+](c3c(C)cc(C)cc3C)[C@H](c3ccccc3)[C@@H]2C)c(C)c1.O=S(=O)([O-])C(F)(F)F. The molecule has 0 unspecified atom stereocenters. The third kappa shape index (κ3) is 6.10. The minimum atomic E-state index is -6.09. The summed E-state index contributed by atoms with van der Waals surface area (Å²) in [6.07, 6.45) is 2.34. The zero-order valence-corrected chi connectivity index (χ0v) is 23.4. The fourth-order valence-corrected chi connectivity index (χ4v) is 5.40. The standard InChI is InChI=1S/C28H33N2.CHF3O3S/c1-18-13-20(3)26(21(4)14-18)29-17-30(27-22(5)15-19(2)16-23(27)6)28(24(29)7)25-11-9-8-10-12-25;2-1(3,4)8(5,6)7/h8-17,24,28H,1-7H3;(H,5,6,7)/q+1;/p-1/t24-,28-;/m0./s1. The van der Waals surface area contributed by atoms with Crippen molar-refractivity contribution < 1.29 is 30.7 Å². The zero-order valence-electron chi connectivity index (χ0n) is 22.6. The van der Waals surface area contributed by atoms with E-state index in [0.29, 0.717) is 6.04 Å². The highest BCUT2D eigenvalue weighted by molar-refractivity contribution is 7.86. The molecule has 1 aliphatic heterocycles. The second kappa shape index (κ2) is 10.9. The van der Waals surface area contributed by atoms with E-state index in [9.17, 15) is 13.2 Å². The normalized spacial score (nSPS) is 17.7. The molecule has 0 bridgehead atoms. The number of rotatable bonds is 3. The topological polar surface area (TPSA) is 63.5 Å². The van der Waals surface area contributed by atoms with Gasteiger partial charge in [0.1, 0.15) is 17.4 Å². The first-order valence-electron chi connectivity index (χ1n) is 12.2. The molecule has 0 radical (unpaired) electrons. The van der Waals surface area contributed by atoms with Crippen LogP contribution in [0.1, 0.15) is 51.9 Å². The highest BCUT2D eigenvalue weighted by atomic mass is 32.2. The average Bonchev–Trinajstić information content (AvgIpc) is 3.08. The van der Waals surface area contributed by atoms with Crippen molar-refractivity contribution in [3.63, 3.8) is 0 Å². The van der Waals surface area contributed by atoms with Crippen LogP contribution in [0.2, 0.25) is 0 Å². The van der Waals surface area contributed by atoms with Crippen LogP contribution in [0.4, 0.5) is 24.5 Å². The summed E-state index contributed by atoms with van der Waals surface area (Å²) in [5, 5.41) is 0. The molecule has 3 aromatic carbocycles. The van der Waals surface area contributed by atoms with Gasteiger partial charge >= 0.3 is 5.51 Å². The van der Waals surface area contributed by atoms with Crippen molar-refractivity contribution in [1.29, 1.82) is 0 Å². The van der Waals surface area contributed by atoms with E-state index in [0.717, 1.165) is 0 Å². The minimum Gasteiger partial charge on any atom is -0.741 e. The summed E-state index contributed by atoms with van der Waals surface area (Å²) < 4.78 is 61.4. The Morgan fingerprint density at radius 3 is 1.66 bits per heavy atom. The summed E-state index contributed by atoms with van der Waals surface area (Å²) >= 11 is 0. The van der Waals surface area contributed by atoms with Crippen LogP contribution in [0.3, 0.4) is 0 Å². The van der Waals surface area contributed by atoms with Crippen molar-refractivity contribution >= 4 is 27.8 Å². The number of hydrogen-bond acceptors (Lipinski definition) is 4. The molecular formula is C29H33F3N2O3S. The van der Waals surface area contributed by atoms with Crippen molar-refractivity contribution in [1.82, 2.24) is 0 Å². The molecule has 0 amide bonds. The Bertz CT molecular complexity index is 1420. The highest BCUT2D eigenvalue weighted by Gasteiger charge is 2.43. The molecule has 1 aliphatic rings. The second-order valence-electron chi connectivity index (χ2n) is 9.92. The Balaban J connectivity index is 0.000000436. The molecule has 0 fully saturated rings. The van der Waals surface area contributed by atoms with Gasteiger partial charge in [-0.3, -0.25) is 0 Å². The van der Waals surface area contributed by atoms with Gasteiger partial charge < -0.3 is 4.55 Å². The van der Waals surface area contributed by atoms with Crippen LogP contribution in [0, 0.1) is 41.5 Å². The molecule has 0 saturated carbocycles. The third-order valence-corrected chi connectivity index (χ3v) is 7.22. The number of nitrogens with zero attached hydrogens (tertiary/aromatic N) is 2. The van der Waals surface area contributed by atoms with Crippen molar-refractivity contribution in [2.75, 3.05) is 4.90 Å². The molecule has 0 aliphatic carbocycles. The van der Waals surface area contributed by atoms with E-state index in [2.05, 4.69) is 119 Å². The van der Waals surface area contributed by atoms with Gasteiger partial charge in [0.05, 0.1) is 0 Å². The van der Waals surface area contributed by atoms with Crippen molar-refractivity contribution in [3.05, 3.63) is 93.5 Å². The third-order valence-electron chi connectivity index (χ3n) is 6.66. The van der Waals surface area contributed by atoms with Gasteiger partial charge in [-0.1, -0.05) is 65.7 Å². The Morgan fingerprint density at radius 2 is 1.24 bits per heavy atom. The van der Waals surface area contributed by atoms with Gasteiger partial charge in [-0.05, 0) is 70.7 Å². The summed E-state index contributed by atoms with van der Waals surface area (Å²) in [7, 11) is -6.09. The predicted octanol–water partition coefficient (Wildman–Crippen LogP) is 6.91. The number of anilines is 1. The quantitative estimate of drug-likeness (QED) is 0.203. The maximum absolute atomic E-state index is 10.7. The molecular weight excluding hydrogens is 513 g/mol. The lowest BCUT2D eigenvalue weighted by molar-refractivity contribution is -0.480. The van der Waals surface area contributed by atoms with Gasteiger partial charge in [0.15, 0.2) is 16.2 Å². The highest BCUT2D eigenvalue weighted by Crippen LogP contribution is 2.40. The summed E-state index contributed by atoms with van der Waals surface area (Å²) in [5.41, 5.74) is 6.33. The molecule has 38 heavy (non-hydrogen) atoms. The number of benzene rings is 3. The minimum absolute atomic E-state index is 0.256. The number of halogens is 3. The van der Waals surface area contributed by atoms with Gasteiger partial charge in [0, 0.05) is 5.56 Å². The van der Waals surface area contributed by atoms with Crippen molar-refractivity contribution in [3.8, 4) is 0 Å². The van der Waals surface area contributed by atoms with Crippen LogP contribution in [-0.2, 0) is 10.1 Å². The molecule has 2 atom stereocenters. The van der Waals surface area contributed by atoms with E-state index >= 15 is 0 Å². The number of aryl methyl sites for hydroxylation is 6. The van der Waals surface area contributed by atoms with Crippen LogP contribution in [-0.4, -0.2) is 35.4 Å². The van der Waals surface area contributed by atoms with E-state index < -0.39 is 15.6 Å². The fraction of sp³-hybridized carbons (Fsp3) is 0.345. The summed E-state index contributed by atoms with van der Waals surface area (Å²) in [4.78, 5) is 2.49. The maximum atomic E-state index is 10.7. The van der Waals surface area contributed by atoms with Crippen LogP contribution < -0.4 is 4.90 Å². The van der Waals surface area contributed by atoms with Gasteiger partial charge in [0.25, 0.3) is 0 Å². The first kappa shape index (κ1) is 29.4. The monoisotopic (exact) mass is 546 g/mol. The second-order valence-corrected chi connectivity index (χ2v) is 11.3. The number of hydrogen-bond donors (Lipinski definition) is 0. The Labute approximate surface area is 223 Å². The number of alkyl halides is 3. The van der Waals surface area contributed by atoms with E-state index in [1.807, 2.05) is 0 Å². The van der Waals surface area contributed by atoms with E-state index in [4.69, 9.17) is 13.0 Å². The molecule has 3 aromatic rings. The predicted molar refractivity (Wildman–Crippen MR) is 144 cm³/mol. The fourth-order valence-electron chi connectivity index (χ4n) is 5.40. The zero-order chi connectivity index (χ0) is 28.6. The molecule has 9 heteroatoms. The summed E-state index contributed by atoms with van der Waals surface area (Å²) in [5.74, 6) is 0. The van der Waals surface area contributed by atoms with Gasteiger partial charge in [-0.25, -0.2) is 17.9 Å². The summed E-state index contributed by atoms with van der Waals surface area (Å²) in [6.45, 7) is 15.7. The van der Waals surface area contributed by atoms with Gasteiger partial charge in [0.2, 0.25) is 6.34 Å². The molecule has 0 spiro atoms. The van der Waals surface area contributed by atoms with Gasteiger partial charge in [-0.2, -0.15) is 13.2 Å². The van der Waals surface area contributed by atoms with Crippen LogP contribution in [0.15, 0.2) is 54.6 Å². The maximum Gasteiger partial charge on any atom is 0.485 e.